The van der Waals surface area contributed by atoms with E-state index in [9.17, 15) is 4.79 Å². The Morgan fingerprint density at radius 1 is 1.14 bits per heavy atom. The molecule has 1 aromatic carbocycles. The van der Waals surface area contributed by atoms with Gasteiger partial charge in [-0.3, -0.25) is 9.78 Å². The van der Waals surface area contributed by atoms with E-state index in [4.69, 9.17) is 4.98 Å². The number of hydrogen-bond acceptors (Lipinski definition) is 5. The second-order valence-corrected chi connectivity index (χ2v) is 6.35. The van der Waals surface area contributed by atoms with Crippen molar-refractivity contribution >= 4 is 16.8 Å². The second-order valence-electron chi connectivity index (χ2n) is 6.35. The van der Waals surface area contributed by atoms with Crippen molar-refractivity contribution in [2.75, 3.05) is 6.54 Å². The average molecular weight is 372 g/mol. The van der Waals surface area contributed by atoms with E-state index in [0.29, 0.717) is 18.5 Å². The highest BCUT2D eigenvalue weighted by Crippen LogP contribution is 2.24. The smallest absolute Gasteiger partial charge is 0.252 e. The molecular formula is C21H20N6O. The van der Waals surface area contributed by atoms with Gasteiger partial charge in [0.05, 0.1) is 16.8 Å². The van der Waals surface area contributed by atoms with Gasteiger partial charge in [-0.25, -0.2) is 4.98 Å². The fourth-order valence-electron chi connectivity index (χ4n) is 3.15. The lowest BCUT2D eigenvalue weighted by molar-refractivity contribution is 0.0955. The Hall–Kier alpha value is -3.61. The summed E-state index contributed by atoms with van der Waals surface area (Å²) in [5, 5.41) is 11.9. The number of nitrogens with zero attached hydrogens (tertiary/aromatic N) is 5. The second kappa shape index (κ2) is 7.96. The molecule has 7 nitrogen and oxygen atoms in total. The van der Waals surface area contributed by atoms with Gasteiger partial charge in [-0.2, -0.15) is 0 Å². The minimum Gasteiger partial charge on any atom is -0.352 e. The van der Waals surface area contributed by atoms with Crippen LogP contribution in [0.4, 0.5) is 0 Å². The fourth-order valence-corrected chi connectivity index (χ4v) is 3.15. The van der Waals surface area contributed by atoms with Crippen molar-refractivity contribution in [3.8, 4) is 11.3 Å². The number of nitrogens with one attached hydrogen (secondary N) is 1. The van der Waals surface area contributed by atoms with Gasteiger partial charge in [0, 0.05) is 42.9 Å². The first-order chi connectivity index (χ1) is 13.8. The third-order valence-corrected chi connectivity index (χ3v) is 4.61. The molecule has 4 aromatic rings. The predicted octanol–water partition coefficient (Wildman–Crippen LogP) is 2.88. The molecule has 0 bridgehead atoms. The minimum absolute atomic E-state index is 0.128. The standard InChI is InChI=1S/C21H20N6O/c1-2-27-14-24-26-20(27)9-12-23-21(28)17-13-19(15-7-10-22-11-8-15)25-18-6-4-3-5-16(17)18/h3-8,10-11,13-14H,2,9,12H2,1H3,(H,23,28). The number of benzene rings is 1. The van der Waals surface area contributed by atoms with Crippen molar-refractivity contribution in [1.29, 1.82) is 0 Å². The molecular weight excluding hydrogens is 352 g/mol. The van der Waals surface area contributed by atoms with Gasteiger partial charge in [0.1, 0.15) is 12.2 Å². The van der Waals surface area contributed by atoms with Crippen LogP contribution in [-0.4, -0.2) is 37.2 Å². The van der Waals surface area contributed by atoms with Gasteiger partial charge in [-0.15, -0.1) is 10.2 Å². The average Bonchev–Trinajstić information content (AvgIpc) is 3.21. The van der Waals surface area contributed by atoms with Gasteiger partial charge in [0.25, 0.3) is 5.91 Å². The lowest BCUT2D eigenvalue weighted by Crippen LogP contribution is -2.26. The number of rotatable bonds is 6. The Morgan fingerprint density at radius 3 is 2.79 bits per heavy atom. The predicted molar refractivity (Wildman–Crippen MR) is 107 cm³/mol. The zero-order valence-corrected chi connectivity index (χ0v) is 15.5. The number of carbonyl (C=O) groups is 1. The van der Waals surface area contributed by atoms with Crippen LogP contribution in [0.15, 0.2) is 61.2 Å². The maximum Gasteiger partial charge on any atom is 0.252 e. The molecule has 7 heteroatoms. The zero-order chi connectivity index (χ0) is 19.3. The van der Waals surface area contributed by atoms with Crippen molar-refractivity contribution in [1.82, 2.24) is 30.0 Å². The number of amides is 1. The first-order valence-electron chi connectivity index (χ1n) is 9.21. The van der Waals surface area contributed by atoms with Crippen LogP contribution < -0.4 is 5.32 Å². The highest BCUT2D eigenvalue weighted by molar-refractivity contribution is 6.07. The van der Waals surface area contributed by atoms with Gasteiger partial charge in [0.2, 0.25) is 0 Å². The largest absolute Gasteiger partial charge is 0.352 e. The van der Waals surface area contributed by atoms with Crippen LogP contribution in [0.2, 0.25) is 0 Å². The molecule has 1 N–H and O–H groups in total. The Balaban J connectivity index is 1.60. The topological polar surface area (TPSA) is 85.6 Å². The summed E-state index contributed by atoms with van der Waals surface area (Å²) in [5.41, 5.74) is 3.06. The summed E-state index contributed by atoms with van der Waals surface area (Å²) in [4.78, 5) is 21.7. The highest BCUT2D eigenvalue weighted by Gasteiger charge is 2.14. The summed E-state index contributed by atoms with van der Waals surface area (Å²) in [6.45, 7) is 3.33. The van der Waals surface area contributed by atoms with Crippen LogP contribution in [0.3, 0.4) is 0 Å². The molecule has 0 aliphatic rings. The van der Waals surface area contributed by atoms with E-state index >= 15 is 0 Å². The first-order valence-corrected chi connectivity index (χ1v) is 9.21. The first kappa shape index (κ1) is 17.8. The number of hydrogen-bond donors (Lipinski definition) is 1. The Morgan fingerprint density at radius 2 is 1.96 bits per heavy atom. The van der Waals surface area contributed by atoms with E-state index in [0.717, 1.165) is 34.5 Å². The summed E-state index contributed by atoms with van der Waals surface area (Å²) in [6, 6.07) is 13.3. The highest BCUT2D eigenvalue weighted by atomic mass is 16.1. The van der Waals surface area contributed by atoms with Crippen LogP contribution in [0.25, 0.3) is 22.2 Å². The fraction of sp³-hybridized carbons (Fsp3) is 0.190. The number of aryl methyl sites for hydroxylation is 1. The summed E-state index contributed by atoms with van der Waals surface area (Å²) < 4.78 is 1.97. The molecule has 0 spiro atoms. The summed E-state index contributed by atoms with van der Waals surface area (Å²) in [5.74, 6) is 0.733. The van der Waals surface area contributed by atoms with E-state index in [2.05, 4.69) is 20.5 Å². The Bertz CT molecular complexity index is 1110. The van der Waals surface area contributed by atoms with Crippen LogP contribution in [0.1, 0.15) is 23.1 Å². The number of fused-ring (bicyclic) bond motifs is 1. The number of para-hydroxylation sites is 1. The molecule has 0 aliphatic carbocycles. The molecule has 1 amide bonds. The molecule has 0 fully saturated rings. The molecule has 0 aliphatic heterocycles. The van der Waals surface area contributed by atoms with Gasteiger partial charge in [-0.1, -0.05) is 18.2 Å². The van der Waals surface area contributed by atoms with Gasteiger partial charge < -0.3 is 9.88 Å². The molecule has 3 heterocycles. The minimum atomic E-state index is -0.128. The van der Waals surface area contributed by atoms with Crippen LogP contribution >= 0.6 is 0 Å². The monoisotopic (exact) mass is 372 g/mol. The van der Waals surface area contributed by atoms with Crippen LogP contribution in [0.5, 0.6) is 0 Å². The maximum atomic E-state index is 12.9. The third-order valence-electron chi connectivity index (χ3n) is 4.61. The zero-order valence-electron chi connectivity index (χ0n) is 15.5. The normalized spacial score (nSPS) is 10.9. The van der Waals surface area contributed by atoms with Crippen LogP contribution in [0, 0.1) is 0 Å². The summed E-state index contributed by atoms with van der Waals surface area (Å²) >= 11 is 0. The molecule has 0 saturated carbocycles. The molecule has 4 rings (SSSR count). The van der Waals surface area contributed by atoms with Crippen LogP contribution in [-0.2, 0) is 13.0 Å². The van der Waals surface area contributed by atoms with Crippen molar-refractivity contribution in [3.63, 3.8) is 0 Å². The van der Waals surface area contributed by atoms with Crippen molar-refractivity contribution in [2.45, 2.75) is 19.9 Å². The van der Waals surface area contributed by atoms with Gasteiger partial charge in [0.15, 0.2) is 0 Å². The maximum absolute atomic E-state index is 12.9. The lowest BCUT2D eigenvalue weighted by Gasteiger charge is -2.11. The van der Waals surface area contributed by atoms with E-state index in [-0.39, 0.29) is 5.91 Å². The Kier molecular flexibility index (Phi) is 5.05. The molecule has 140 valence electrons. The van der Waals surface area contributed by atoms with E-state index in [1.54, 1.807) is 18.7 Å². The number of pyridine rings is 2. The van der Waals surface area contributed by atoms with Gasteiger partial charge in [-0.05, 0) is 31.2 Å². The molecule has 0 atom stereocenters. The van der Waals surface area contributed by atoms with E-state index in [1.165, 1.54) is 0 Å². The molecule has 3 aromatic heterocycles. The van der Waals surface area contributed by atoms with E-state index < -0.39 is 0 Å². The lowest BCUT2D eigenvalue weighted by atomic mass is 10.0. The summed E-state index contributed by atoms with van der Waals surface area (Å²) in [7, 11) is 0. The molecule has 0 radical (unpaired) electrons. The van der Waals surface area contributed by atoms with Crippen molar-refractivity contribution in [3.05, 3.63) is 72.6 Å². The Labute approximate surface area is 162 Å². The van der Waals surface area contributed by atoms with Gasteiger partial charge >= 0.3 is 0 Å². The summed E-state index contributed by atoms with van der Waals surface area (Å²) in [6.07, 6.45) is 5.76. The molecule has 0 saturated heterocycles. The van der Waals surface area contributed by atoms with Crippen molar-refractivity contribution in [2.24, 2.45) is 0 Å². The molecule has 0 unspecified atom stereocenters. The SMILES string of the molecule is CCn1cnnc1CCNC(=O)c1cc(-c2ccncc2)nc2ccccc12. The van der Waals surface area contributed by atoms with E-state index in [1.807, 2.05) is 54.0 Å². The molecule has 28 heavy (non-hydrogen) atoms. The quantitative estimate of drug-likeness (QED) is 0.562. The number of carbonyl (C=O) groups excluding carboxylic acids is 1. The van der Waals surface area contributed by atoms with Crippen molar-refractivity contribution < 1.29 is 4.79 Å². The number of aromatic nitrogens is 5. The third kappa shape index (κ3) is 3.59.